The van der Waals surface area contributed by atoms with E-state index in [-0.39, 0.29) is 17.0 Å². The number of nitrogens with zero attached hydrogens (tertiary/aromatic N) is 1. The lowest BCUT2D eigenvalue weighted by atomic mass is 10.1. The van der Waals surface area contributed by atoms with E-state index in [1.54, 1.807) is 66.4 Å². The van der Waals surface area contributed by atoms with Crippen LogP contribution in [0, 0.1) is 0 Å². The average Bonchev–Trinajstić information content (AvgIpc) is 2.98. The molecule has 194 valence electrons. The van der Waals surface area contributed by atoms with Crippen molar-refractivity contribution in [2.24, 2.45) is 0 Å². The van der Waals surface area contributed by atoms with Gasteiger partial charge >= 0.3 is 0 Å². The maximum Gasteiger partial charge on any atom is 0.264 e. The van der Waals surface area contributed by atoms with Gasteiger partial charge in [0.05, 0.1) is 28.4 Å². The van der Waals surface area contributed by atoms with Crippen LogP contribution in [-0.4, -0.2) is 14.3 Å². The van der Waals surface area contributed by atoms with Gasteiger partial charge in [-0.1, -0.05) is 103 Å². The number of anilines is 2. The predicted molar refractivity (Wildman–Crippen MR) is 158 cm³/mol. The Morgan fingerprint density at radius 2 is 1.23 bits per heavy atom. The fourth-order valence-electron chi connectivity index (χ4n) is 4.12. The molecule has 0 fully saturated rings. The third-order valence-corrected chi connectivity index (χ3v) is 8.88. The largest absolute Gasteiger partial charge is 0.321 e. The molecule has 39 heavy (non-hydrogen) atoms. The predicted octanol–water partition coefficient (Wildman–Crippen LogP) is 7.49. The number of carbonyl (C=O) groups excluding carboxylic acids is 1. The van der Waals surface area contributed by atoms with E-state index in [9.17, 15) is 13.2 Å². The van der Waals surface area contributed by atoms with Crippen LogP contribution in [0.3, 0.4) is 0 Å². The molecule has 0 saturated heterocycles. The van der Waals surface area contributed by atoms with Crippen molar-refractivity contribution < 1.29 is 13.2 Å². The summed E-state index contributed by atoms with van der Waals surface area (Å²) in [7, 11) is -3.98. The van der Waals surface area contributed by atoms with Crippen molar-refractivity contribution >= 4 is 39.1 Å². The van der Waals surface area contributed by atoms with Crippen LogP contribution in [0.2, 0.25) is 0 Å². The minimum Gasteiger partial charge on any atom is -0.321 e. The van der Waals surface area contributed by atoms with Gasteiger partial charge < -0.3 is 5.32 Å². The summed E-state index contributed by atoms with van der Waals surface area (Å²) >= 11 is 1.54. The van der Waals surface area contributed by atoms with E-state index in [0.717, 1.165) is 15.4 Å². The first-order valence-electron chi connectivity index (χ1n) is 12.4. The lowest BCUT2D eigenvalue weighted by Crippen LogP contribution is -2.32. The zero-order chi connectivity index (χ0) is 27.1. The lowest BCUT2D eigenvalue weighted by Gasteiger charge is -2.26. The number of para-hydroxylation sites is 2. The Labute approximate surface area is 233 Å². The highest BCUT2D eigenvalue weighted by Gasteiger charge is 2.28. The SMILES string of the molecule is O=C(Nc1ccccc1Sc1ccccc1)c1ccccc1N(Cc1ccccc1)S(=O)(=O)c1ccccc1. The van der Waals surface area contributed by atoms with Gasteiger partial charge in [0, 0.05) is 9.79 Å². The molecule has 0 spiro atoms. The second-order valence-corrected chi connectivity index (χ2v) is 11.7. The number of hydrogen-bond acceptors (Lipinski definition) is 4. The van der Waals surface area contributed by atoms with Gasteiger partial charge in [-0.3, -0.25) is 9.10 Å². The molecule has 0 bridgehead atoms. The Hall–Kier alpha value is -4.33. The number of hydrogen-bond donors (Lipinski definition) is 1. The van der Waals surface area contributed by atoms with Crippen LogP contribution in [0.4, 0.5) is 11.4 Å². The van der Waals surface area contributed by atoms with Crippen molar-refractivity contribution in [2.75, 3.05) is 9.62 Å². The van der Waals surface area contributed by atoms with E-state index in [0.29, 0.717) is 11.4 Å². The van der Waals surface area contributed by atoms with E-state index in [4.69, 9.17) is 0 Å². The Kier molecular flexibility index (Phi) is 8.10. The highest BCUT2D eigenvalue weighted by Crippen LogP contribution is 2.34. The van der Waals surface area contributed by atoms with Crippen LogP contribution in [0.15, 0.2) is 154 Å². The maximum absolute atomic E-state index is 13.9. The monoisotopic (exact) mass is 550 g/mol. The number of amides is 1. The van der Waals surface area contributed by atoms with Crippen molar-refractivity contribution in [3.8, 4) is 0 Å². The molecule has 5 aromatic rings. The molecule has 0 radical (unpaired) electrons. The zero-order valence-corrected chi connectivity index (χ0v) is 22.6. The second-order valence-electron chi connectivity index (χ2n) is 8.69. The van der Waals surface area contributed by atoms with Crippen LogP contribution in [0.1, 0.15) is 15.9 Å². The molecule has 0 unspecified atom stereocenters. The minimum absolute atomic E-state index is 0.0722. The molecule has 0 aromatic heterocycles. The van der Waals surface area contributed by atoms with Crippen molar-refractivity contribution in [1.29, 1.82) is 0 Å². The third-order valence-electron chi connectivity index (χ3n) is 6.02. The van der Waals surface area contributed by atoms with Crippen LogP contribution in [0.25, 0.3) is 0 Å². The molecule has 0 atom stereocenters. The lowest BCUT2D eigenvalue weighted by molar-refractivity contribution is 0.102. The normalized spacial score (nSPS) is 11.1. The Morgan fingerprint density at radius 3 is 1.95 bits per heavy atom. The molecule has 0 saturated carbocycles. The summed E-state index contributed by atoms with van der Waals surface area (Å²) in [6.07, 6.45) is 0. The van der Waals surface area contributed by atoms with E-state index < -0.39 is 15.9 Å². The van der Waals surface area contributed by atoms with Gasteiger partial charge in [-0.15, -0.1) is 0 Å². The Bertz CT molecular complexity index is 1660. The molecule has 0 aliphatic heterocycles. The summed E-state index contributed by atoms with van der Waals surface area (Å²) in [4.78, 5) is 15.8. The summed E-state index contributed by atoms with van der Waals surface area (Å²) in [5.74, 6) is -0.395. The first-order valence-corrected chi connectivity index (χ1v) is 14.6. The highest BCUT2D eigenvalue weighted by atomic mass is 32.2. The first-order chi connectivity index (χ1) is 19.0. The number of rotatable bonds is 9. The van der Waals surface area contributed by atoms with Gasteiger partial charge in [0.25, 0.3) is 15.9 Å². The summed E-state index contributed by atoms with van der Waals surface area (Å²) in [5.41, 5.74) is 2.01. The van der Waals surface area contributed by atoms with Gasteiger partial charge in [0.2, 0.25) is 0 Å². The van der Waals surface area contributed by atoms with Gasteiger partial charge in [-0.05, 0) is 54.1 Å². The van der Waals surface area contributed by atoms with E-state index in [1.165, 1.54) is 4.31 Å². The Balaban J connectivity index is 1.52. The Morgan fingerprint density at radius 1 is 0.667 bits per heavy atom. The molecule has 5 rings (SSSR count). The van der Waals surface area contributed by atoms with Crippen LogP contribution >= 0.6 is 11.8 Å². The number of benzene rings is 5. The summed E-state index contributed by atoms with van der Waals surface area (Å²) in [6.45, 7) is 0.0722. The third kappa shape index (κ3) is 6.22. The van der Waals surface area contributed by atoms with Gasteiger partial charge in [0.15, 0.2) is 0 Å². The quantitative estimate of drug-likeness (QED) is 0.207. The average molecular weight is 551 g/mol. The summed E-state index contributed by atoms with van der Waals surface area (Å²) in [6, 6.07) is 41.9. The van der Waals surface area contributed by atoms with Gasteiger partial charge in [0.1, 0.15) is 0 Å². The molecule has 0 aliphatic carbocycles. The first kappa shape index (κ1) is 26.3. The standard InChI is InChI=1S/C32H26N2O3S2/c35-32(33-29-21-11-13-23-31(29)38-26-16-6-2-7-17-26)28-20-10-12-22-30(28)34(24-25-14-4-1-5-15-25)39(36,37)27-18-8-3-9-19-27/h1-23H,24H2,(H,33,35). The maximum atomic E-state index is 13.9. The number of sulfonamides is 1. The van der Waals surface area contributed by atoms with Gasteiger partial charge in [-0.2, -0.15) is 0 Å². The van der Waals surface area contributed by atoms with Crippen LogP contribution in [0.5, 0.6) is 0 Å². The molecule has 1 amide bonds. The number of carbonyl (C=O) groups is 1. The second kappa shape index (κ2) is 12.0. The zero-order valence-electron chi connectivity index (χ0n) is 21.0. The molecule has 0 heterocycles. The van der Waals surface area contributed by atoms with Crippen molar-refractivity contribution in [3.05, 3.63) is 151 Å². The van der Waals surface area contributed by atoms with E-state index in [1.807, 2.05) is 84.9 Å². The summed E-state index contributed by atoms with van der Waals surface area (Å²) in [5, 5.41) is 3.02. The summed E-state index contributed by atoms with van der Waals surface area (Å²) < 4.78 is 29.1. The molecular formula is C32H26N2O3S2. The van der Waals surface area contributed by atoms with Gasteiger partial charge in [-0.25, -0.2) is 8.42 Å². The molecular weight excluding hydrogens is 524 g/mol. The van der Waals surface area contributed by atoms with Crippen LogP contribution in [-0.2, 0) is 16.6 Å². The number of nitrogens with one attached hydrogen (secondary N) is 1. The smallest absolute Gasteiger partial charge is 0.264 e. The molecule has 0 aliphatic rings. The van der Waals surface area contributed by atoms with Crippen LogP contribution < -0.4 is 9.62 Å². The highest BCUT2D eigenvalue weighted by molar-refractivity contribution is 7.99. The fraction of sp³-hybridized carbons (Fsp3) is 0.0312. The van der Waals surface area contributed by atoms with Crippen molar-refractivity contribution in [3.63, 3.8) is 0 Å². The van der Waals surface area contributed by atoms with Crippen molar-refractivity contribution in [2.45, 2.75) is 21.2 Å². The molecule has 5 nitrogen and oxygen atoms in total. The van der Waals surface area contributed by atoms with E-state index >= 15 is 0 Å². The molecule has 7 heteroatoms. The van der Waals surface area contributed by atoms with Crippen molar-refractivity contribution in [1.82, 2.24) is 0 Å². The fourth-order valence-corrected chi connectivity index (χ4v) is 6.53. The van der Waals surface area contributed by atoms with E-state index in [2.05, 4.69) is 5.32 Å². The minimum atomic E-state index is -3.98. The molecule has 5 aromatic carbocycles. The topological polar surface area (TPSA) is 66.5 Å². The molecule has 1 N–H and O–H groups in total.